The Morgan fingerprint density at radius 3 is 2.53 bits per heavy atom. The molecule has 5 atom stereocenters. The van der Waals surface area contributed by atoms with Gasteiger partial charge < -0.3 is 9.84 Å². The lowest BCUT2D eigenvalue weighted by atomic mass is 9.48. The van der Waals surface area contributed by atoms with Gasteiger partial charge in [0.2, 0.25) is 0 Å². The Labute approximate surface area is 186 Å². The van der Waals surface area contributed by atoms with Gasteiger partial charge in [-0.3, -0.25) is 4.90 Å². The molecule has 0 radical (unpaired) electrons. The van der Waals surface area contributed by atoms with Crippen molar-refractivity contribution in [3.05, 3.63) is 65.2 Å². The van der Waals surface area contributed by atoms with Gasteiger partial charge in [-0.15, -0.1) is 12.4 Å². The number of fused-ring (bicyclic) bond motifs is 2. The minimum atomic E-state index is -0.652. The molecule has 2 aromatic rings. The van der Waals surface area contributed by atoms with Gasteiger partial charge in [-0.05, 0) is 73.3 Å². The van der Waals surface area contributed by atoms with Crippen LogP contribution >= 0.6 is 12.4 Å². The van der Waals surface area contributed by atoms with Crippen LogP contribution in [0, 0.1) is 11.8 Å². The summed E-state index contributed by atoms with van der Waals surface area (Å²) in [5.41, 5.74) is 3.84. The first kappa shape index (κ1) is 21.7. The fraction of sp³-hybridized carbons (Fsp3) is 0.538. The molecule has 2 aromatic carbocycles. The van der Waals surface area contributed by atoms with Crippen LogP contribution in [0.5, 0.6) is 5.75 Å². The van der Waals surface area contributed by atoms with Gasteiger partial charge in [0.1, 0.15) is 5.75 Å². The molecule has 3 nitrogen and oxygen atoms in total. The van der Waals surface area contributed by atoms with Crippen LogP contribution in [-0.4, -0.2) is 34.8 Å². The summed E-state index contributed by atoms with van der Waals surface area (Å²) in [7, 11) is 1.76. The first-order chi connectivity index (χ1) is 13.8. The maximum Gasteiger partial charge on any atom is 0.119 e. The van der Waals surface area contributed by atoms with Gasteiger partial charge >= 0.3 is 0 Å². The minimum Gasteiger partial charge on any atom is -0.497 e. The van der Waals surface area contributed by atoms with E-state index in [0.29, 0.717) is 23.9 Å². The summed E-state index contributed by atoms with van der Waals surface area (Å²) in [5, 5.41) is 11.0. The highest BCUT2D eigenvalue weighted by Gasteiger charge is 2.61. The van der Waals surface area contributed by atoms with Gasteiger partial charge in [-0.25, -0.2) is 0 Å². The van der Waals surface area contributed by atoms with E-state index in [-0.39, 0.29) is 17.8 Å². The molecule has 2 heterocycles. The lowest BCUT2D eigenvalue weighted by Crippen LogP contribution is -2.70. The summed E-state index contributed by atoms with van der Waals surface area (Å²) < 4.78 is 5.57. The van der Waals surface area contributed by atoms with Gasteiger partial charge in [0.25, 0.3) is 0 Å². The third kappa shape index (κ3) is 3.26. The highest BCUT2D eigenvalue weighted by Crippen LogP contribution is 2.60. The zero-order chi connectivity index (χ0) is 20.4. The largest absolute Gasteiger partial charge is 0.497 e. The second kappa shape index (κ2) is 7.55. The minimum absolute atomic E-state index is 0. The average molecular weight is 428 g/mol. The van der Waals surface area contributed by atoms with Crippen molar-refractivity contribution < 1.29 is 9.84 Å². The molecule has 2 aliphatic carbocycles. The SMILES string of the molecule is COc1ccc2c(c1)[C@@]1(C)CC3[C@@H](C(C)(C)O)CC1C(C2)N3Cc1ccccc1.Cl. The standard InChI is InChI=1S/C26H33NO2.ClH/c1-25(2,28)21-14-22-23-12-18-10-11-19(29-4)13-20(18)26(22,3)15-24(21)27(23)16-17-8-6-5-7-9-17;/h5-11,13,21-24,28H,12,14-16H2,1-4H3;1H/t21-,22?,23?,24?,26+;/m0./s1. The van der Waals surface area contributed by atoms with E-state index in [2.05, 4.69) is 60.4 Å². The van der Waals surface area contributed by atoms with Crippen LogP contribution in [-0.2, 0) is 18.4 Å². The molecule has 3 fully saturated rings. The van der Waals surface area contributed by atoms with E-state index in [9.17, 15) is 5.11 Å². The van der Waals surface area contributed by atoms with Crippen molar-refractivity contribution in [2.75, 3.05) is 7.11 Å². The summed E-state index contributed by atoms with van der Waals surface area (Å²) in [6, 6.07) is 18.5. The number of nitrogens with zero attached hydrogens (tertiary/aromatic N) is 1. The predicted molar refractivity (Wildman–Crippen MR) is 123 cm³/mol. The molecule has 2 aliphatic heterocycles. The zero-order valence-corrected chi connectivity index (χ0v) is 19.3. The maximum atomic E-state index is 11.0. The molecule has 30 heavy (non-hydrogen) atoms. The van der Waals surface area contributed by atoms with Crippen molar-refractivity contribution in [3.63, 3.8) is 0 Å². The molecule has 4 aliphatic rings. The maximum absolute atomic E-state index is 11.0. The Bertz CT molecular complexity index is 909. The average Bonchev–Trinajstić information content (AvgIpc) is 2.70. The number of aliphatic hydroxyl groups is 1. The second-order valence-corrected chi connectivity index (χ2v) is 10.2. The Hall–Kier alpha value is -1.55. The molecular formula is C26H34ClNO2. The van der Waals surface area contributed by atoms with E-state index in [4.69, 9.17) is 4.74 Å². The van der Waals surface area contributed by atoms with Crippen LogP contribution < -0.4 is 4.74 Å². The van der Waals surface area contributed by atoms with E-state index >= 15 is 0 Å². The molecule has 6 rings (SSSR count). The van der Waals surface area contributed by atoms with Crippen molar-refractivity contribution in [1.29, 1.82) is 0 Å². The second-order valence-electron chi connectivity index (χ2n) is 10.2. The molecule has 0 spiro atoms. The number of ether oxygens (including phenoxy) is 1. The number of methoxy groups -OCH3 is 1. The van der Waals surface area contributed by atoms with Crippen molar-refractivity contribution in [3.8, 4) is 5.75 Å². The Kier molecular flexibility index (Phi) is 5.45. The van der Waals surface area contributed by atoms with Crippen LogP contribution in [0.1, 0.15) is 50.3 Å². The van der Waals surface area contributed by atoms with E-state index in [1.54, 1.807) is 7.11 Å². The van der Waals surface area contributed by atoms with E-state index in [1.807, 2.05) is 13.8 Å². The van der Waals surface area contributed by atoms with Crippen LogP contribution in [0.2, 0.25) is 0 Å². The summed E-state index contributed by atoms with van der Waals surface area (Å²) in [4.78, 5) is 2.74. The fourth-order valence-electron chi connectivity index (χ4n) is 6.80. The summed E-state index contributed by atoms with van der Waals surface area (Å²) in [6.07, 6.45) is 3.31. The molecule has 2 saturated heterocycles. The molecule has 1 N–H and O–H groups in total. The number of hydrogen-bond donors (Lipinski definition) is 1. The lowest BCUT2D eigenvalue weighted by molar-refractivity contribution is -0.156. The summed E-state index contributed by atoms with van der Waals surface area (Å²) in [5.74, 6) is 1.84. The highest BCUT2D eigenvalue weighted by molar-refractivity contribution is 5.85. The van der Waals surface area contributed by atoms with Gasteiger partial charge in [0, 0.05) is 24.5 Å². The fourth-order valence-corrected chi connectivity index (χ4v) is 6.80. The number of hydrogen-bond acceptors (Lipinski definition) is 3. The number of halogens is 1. The smallest absolute Gasteiger partial charge is 0.119 e. The van der Waals surface area contributed by atoms with E-state index in [0.717, 1.165) is 31.6 Å². The van der Waals surface area contributed by atoms with E-state index in [1.165, 1.54) is 16.7 Å². The molecule has 3 unspecified atom stereocenters. The topological polar surface area (TPSA) is 32.7 Å². The molecule has 4 heteroatoms. The number of piperidine rings is 2. The number of benzene rings is 2. The quantitative estimate of drug-likeness (QED) is 0.746. The van der Waals surface area contributed by atoms with Crippen molar-refractivity contribution in [2.45, 2.75) is 69.7 Å². The van der Waals surface area contributed by atoms with Crippen molar-refractivity contribution in [1.82, 2.24) is 4.90 Å². The van der Waals surface area contributed by atoms with Crippen molar-refractivity contribution in [2.24, 2.45) is 11.8 Å². The Morgan fingerprint density at radius 1 is 1.13 bits per heavy atom. The summed E-state index contributed by atoms with van der Waals surface area (Å²) >= 11 is 0. The van der Waals surface area contributed by atoms with Gasteiger partial charge in [0.15, 0.2) is 0 Å². The Balaban J connectivity index is 0.00000218. The molecule has 0 aromatic heterocycles. The van der Waals surface area contributed by atoms with Gasteiger partial charge in [0.05, 0.1) is 12.7 Å². The first-order valence-electron chi connectivity index (χ1n) is 11.0. The van der Waals surface area contributed by atoms with E-state index < -0.39 is 5.60 Å². The first-order valence-corrected chi connectivity index (χ1v) is 11.0. The zero-order valence-electron chi connectivity index (χ0n) is 18.5. The van der Waals surface area contributed by atoms with Gasteiger partial charge in [-0.1, -0.05) is 43.3 Å². The van der Waals surface area contributed by atoms with Crippen molar-refractivity contribution >= 4 is 12.4 Å². The molecule has 1 saturated carbocycles. The number of rotatable bonds is 4. The lowest BCUT2D eigenvalue weighted by Gasteiger charge is -2.66. The molecule has 0 amide bonds. The predicted octanol–water partition coefficient (Wildman–Crippen LogP) is 4.98. The normalized spacial score (nSPS) is 32.3. The third-order valence-electron chi connectivity index (χ3n) is 8.22. The van der Waals surface area contributed by atoms with Crippen LogP contribution in [0.25, 0.3) is 0 Å². The molecular weight excluding hydrogens is 394 g/mol. The highest BCUT2D eigenvalue weighted by atomic mass is 35.5. The Morgan fingerprint density at radius 2 is 1.87 bits per heavy atom. The van der Waals surface area contributed by atoms with Crippen LogP contribution in [0.15, 0.2) is 48.5 Å². The summed E-state index contributed by atoms with van der Waals surface area (Å²) in [6.45, 7) is 7.46. The third-order valence-corrected chi connectivity index (χ3v) is 8.22. The molecule has 4 bridgehead atoms. The molecule has 162 valence electrons. The van der Waals surface area contributed by atoms with Crippen LogP contribution in [0.4, 0.5) is 0 Å². The monoisotopic (exact) mass is 427 g/mol. The van der Waals surface area contributed by atoms with Gasteiger partial charge in [-0.2, -0.15) is 0 Å². The van der Waals surface area contributed by atoms with Crippen LogP contribution in [0.3, 0.4) is 0 Å².